The third-order valence-corrected chi connectivity index (χ3v) is 2.99. The highest BCUT2D eigenvalue weighted by Gasteiger charge is 2.08. The largest absolute Gasteiger partial charge is 0.317 e. The minimum atomic E-state index is 1.11. The van der Waals surface area contributed by atoms with Gasteiger partial charge >= 0.3 is 0 Å². The summed E-state index contributed by atoms with van der Waals surface area (Å²) in [7, 11) is 0. The Morgan fingerprint density at radius 1 is 1.33 bits per heavy atom. The number of hydrogen-bond donors (Lipinski definition) is 1. The van der Waals surface area contributed by atoms with Crippen molar-refractivity contribution in [2.24, 2.45) is 0 Å². The molecule has 2 heteroatoms. The molecule has 1 aliphatic heterocycles. The molecule has 1 aliphatic rings. The Balaban J connectivity index is 1.94. The molecule has 2 nitrogen and oxygen atoms in total. The predicted molar refractivity (Wildman–Crippen MR) is 67.2 cm³/mol. The maximum Gasteiger partial charge on any atom is 0.0190 e. The topological polar surface area (TPSA) is 15.3 Å². The Hall–Kier alpha value is -0.340. The van der Waals surface area contributed by atoms with Crippen molar-refractivity contribution in [1.29, 1.82) is 0 Å². The highest BCUT2D eigenvalue weighted by molar-refractivity contribution is 5.04. The van der Waals surface area contributed by atoms with Crippen molar-refractivity contribution < 1.29 is 0 Å². The van der Waals surface area contributed by atoms with Gasteiger partial charge in [-0.2, -0.15) is 0 Å². The Bertz CT molecular complexity index is 187. The number of hydrogen-bond acceptors (Lipinski definition) is 2. The van der Waals surface area contributed by atoms with Gasteiger partial charge in [0.2, 0.25) is 0 Å². The maximum atomic E-state index is 3.37. The van der Waals surface area contributed by atoms with E-state index in [-0.39, 0.29) is 0 Å². The van der Waals surface area contributed by atoms with Crippen LogP contribution in [0.3, 0.4) is 0 Å². The van der Waals surface area contributed by atoms with Gasteiger partial charge in [-0.15, -0.1) is 0 Å². The van der Waals surface area contributed by atoms with Gasteiger partial charge in [0.1, 0.15) is 0 Å². The minimum absolute atomic E-state index is 1.11. The first kappa shape index (κ1) is 12.7. The Morgan fingerprint density at radius 3 is 2.93 bits per heavy atom. The molecule has 1 N–H and O–H groups in total. The van der Waals surface area contributed by atoms with Crippen LogP contribution in [-0.2, 0) is 0 Å². The third kappa shape index (κ3) is 5.95. The summed E-state index contributed by atoms with van der Waals surface area (Å²) < 4.78 is 0. The molecule has 0 radical (unpaired) electrons. The third-order valence-electron chi connectivity index (χ3n) is 2.99. The van der Waals surface area contributed by atoms with Crippen LogP contribution in [0.1, 0.15) is 39.5 Å². The van der Waals surface area contributed by atoms with E-state index in [0.717, 1.165) is 6.54 Å². The zero-order chi connectivity index (χ0) is 10.9. The molecule has 1 heterocycles. The first-order valence-electron chi connectivity index (χ1n) is 6.41. The first-order chi connectivity index (χ1) is 7.33. The molecule has 0 aromatic heterocycles. The molecule has 0 aliphatic carbocycles. The van der Waals surface area contributed by atoms with E-state index < -0.39 is 0 Å². The maximum absolute atomic E-state index is 3.37. The molecule has 0 saturated heterocycles. The van der Waals surface area contributed by atoms with Gasteiger partial charge in [0, 0.05) is 13.1 Å². The zero-order valence-corrected chi connectivity index (χ0v) is 10.4. The molecule has 1 rings (SSSR count). The van der Waals surface area contributed by atoms with Crippen molar-refractivity contribution in [1.82, 2.24) is 10.2 Å². The summed E-state index contributed by atoms with van der Waals surface area (Å²) in [6.07, 6.45) is 7.69. The lowest BCUT2D eigenvalue weighted by atomic mass is 10.1. The summed E-state index contributed by atoms with van der Waals surface area (Å²) in [6, 6.07) is 0. The second-order valence-corrected chi connectivity index (χ2v) is 4.53. The van der Waals surface area contributed by atoms with Crippen molar-refractivity contribution in [3.05, 3.63) is 11.6 Å². The van der Waals surface area contributed by atoms with Crippen molar-refractivity contribution in [3.63, 3.8) is 0 Å². The number of unbranched alkanes of at least 4 members (excludes halogenated alkanes) is 2. The van der Waals surface area contributed by atoms with E-state index in [2.05, 4.69) is 30.1 Å². The fraction of sp³-hybridized carbons (Fsp3) is 0.846. The molecule has 15 heavy (non-hydrogen) atoms. The summed E-state index contributed by atoms with van der Waals surface area (Å²) in [5, 5.41) is 3.37. The Kier molecular flexibility index (Phi) is 6.69. The quantitative estimate of drug-likeness (QED) is 0.513. The Morgan fingerprint density at radius 2 is 2.20 bits per heavy atom. The van der Waals surface area contributed by atoms with Crippen molar-refractivity contribution >= 4 is 0 Å². The van der Waals surface area contributed by atoms with Crippen LogP contribution in [0.2, 0.25) is 0 Å². The number of nitrogens with one attached hydrogen (secondary N) is 1. The summed E-state index contributed by atoms with van der Waals surface area (Å²) >= 11 is 0. The normalized spacial score (nSPS) is 17.9. The average Bonchev–Trinajstić information content (AvgIpc) is 2.23. The van der Waals surface area contributed by atoms with Gasteiger partial charge < -0.3 is 5.32 Å². The molecule has 0 atom stereocenters. The standard InChI is InChI=1S/C13H26N2/c1-3-14-9-5-4-6-10-15-11-7-8-13(2)12-15/h8,14H,3-7,9-12H2,1-2H3. The van der Waals surface area contributed by atoms with Gasteiger partial charge in [0.05, 0.1) is 0 Å². The van der Waals surface area contributed by atoms with Gasteiger partial charge in [0.15, 0.2) is 0 Å². The van der Waals surface area contributed by atoms with E-state index in [1.807, 2.05) is 0 Å². The van der Waals surface area contributed by atoms with Gasteiger partial charge in [-0.1, -0.05) is 25.0 Å². The smallest absolute Gasteiger partial charge is 0.0190 e. The van der Waals surface area contributed by atoms with Crippen LogP contribution in [0.5, 0.6) is 0 Å². The van der Waals surface area contributed by atoms with Crippen LogP contribution in [0.4, 0.5) is 0 Å². The summed E-state index contributed by atoms with van der Waals surface area (Å²) in [5.41, 5.74) is 1.55. The lowest BCUT2D eigenvalue weighted by Crippen LogP contribution is -2.30. The molecule has 0 fully saturated rings. The van der Waals surface area contributed by atoms with Crippen molar-refractivity contribution in [3.8, 4) is 0 Å². The van der Waals surface area contributed by atoms with Crippen LogP contribution in [0.25, 0.3) is 0 Å². The van der Waals surface area contributed by atoms with Gasteiger partial charge in [-0.05, 0) is 45.8 Å². The van der Waals surface area contributed by atoms with Crippen LogP contribution >= 0.6 is 0 Å². The molecule has 0 aromatic rings. The molecule has 0 saturated carbocycles. The van der Waals surface area contributed by atoms with E-state index in [9.17, 15) is 0 Å². The zero-order valence-electron chi connectivity index (χ0n) is 10.4. The lowest BCUT2D eigenvalue weighted by molar-refractivity contribution is 0.283. The molecule has 0 aromatic carbocycles. The van der Waals surface area contributed by atoms with E-state index in [0.29, 0.717) is 0 Å². The first-order valence-corrected chi connectivity index (χ1v) is 6.41. The molecular formula is C13H26N2. The van der Waals surface area contributed by atoms with E-state index in [4.69, 9.17) is 0 Å². The van der Waals surface area contributed by atoms with Crippen LogP contribution < -0.4 is 5.32 Å². The summed E-state index contributed by atoms with van der Waals surface area (Å²) in [5.74, 6) is 0. The molecule has 0 bridgehead atoms. The van der Waals surface area contributed by atoms with Crippen LogP contribution in [-0.4, -0.2) is 37.6 Å². The lowest BCUT2D eigenvalue weighted by Gasteiger charge is -2.25. The second kappa shape index (κ2) is 7.89. The highest BCUT2D eigenvalue weighted by atomic mass is 15.1. The van der Waals surface area contributed by atoms with Crippen LogP contribution in [0.15, 0.2) is 11.6 Å². The van der Waals surface area contributed by atoms with Crippen molar-refractivity contribution in [2.75, 3.05) is 32.7 Å². The Labute approximate surface area is 94.7 Å². The van der Waals surface area contributed by atoms with Gasteiger partial charge in [0.25, 0.3) is 0 Å². The van der Waals surface area contributed by atoms with Crippen molar-refractivity contribution in [2.45, 2.75) is 39.5 Å². The fourth-order valence-corrected chi connectivity index (χ4v) is 2.12. The second-order valence-electron chi connectivity index (χ2n) is 4.53. The molecule has 0 spiro atoms. The van der Waals surface area contributed by atoms with E-state index in [1.54, 1.807) is 5.57 Å². The molecule has 0 amide bonds. The summed E-state index contributed by atoms with van der Waals surface area (Å²) in [6.45, 7) is 10.5. The van der Waals surface area contributed by atoms with Gasteiger partial charge in [-0.25, -0.2) is 0 Å². The average molecular weight is 210 g/mol. The SMILES string of the molecule is CCNCCCCCN1CCC=C(C)C1. The molecule has 88 valence electrons. The summed E-state index contributed by atoms with van der Waals surface area (Å²) in [4.78, 5) is 2.59. The van der Waals surface area contributed by atoms with Gasteiger partial charge in [-0.3, -0.25) is 4.90 Å². The fourth-order valence-electron chi connectivity index (χ4n) is 2.12. The highest BCUT2D eigenvalue weighted by Crippen LogP contribution is 2.09. The van der Waals surface area contributed by atoms with E-state index >= 15 is 0 Å². The molecular weight excluding hydrogens is 184 g/mol. The van der Waals surface area contributed by atoms with Crippen LogP contribution in [0, 0.1) is 0 Å². The monoisotopic (exact) mass is 210 g/mol. The minimum Gasteiger partial charge on any atom is -0.317 e. The van der Waals surface area contributed by atoms with E-state index in [1.165, 1.54) is 51.9 Å². The molecule has 0 unspecified atom stereocenters. The number of rotatable bonds is 7. The number of nitrogens with zero attached hydrogens (tertiary/aromatic N) is 1. The predicted octanol–water partition coefficient (Wildman–Crippen LogP) is 2.42.